The Morgan fingerprint density at radius 3 is 2.13 bits per heavy atom. The van der Waals surface area contributed by atoms with E-state index in [1.54, 1.807) is 24.3 Å². The van der Waals surface area contributed by atoms with Gasteiger partial charge in [0.25, 0.3) is 6.71 Å². The summed E-state index contributed by atoms with van der Waals surface area (Å²) in [5.41, 5.74) is 1.01. The summed E-state index contributed by atoms with van der Waals surface area (Å²) in [5.74, 6) is 1.18. The van der Waals surface area contributed by atoms with E-state index in [-0.39, 0.29) is 0 Å². The molecule has 0 aromatic heterocycles. The summed E-state index contributed by atoms with van der Waals surface area (Å²) >= 11 is 4.21. The maximum absolute atomic E-state index is 13.1. The van der Waals surface area contributed by atoms with Crippen molar-refractivity contribution in [2.45, 2.75) is 11.1 Å². The van der Waals surface area contributed by atoms with Gasteiger partial charge in [-0.3, -0.25) is 4.99 Å². The Morgan fingerprint density at radius 1 is 0.957 bits per heavy atom. The van der Waals surface area contributed by atoms with Gasteiger partial charge in [-0.05, 0) is 23.0 Å². The predicted octanol–water partition coefficient (Wildman–Crippen LogP) is 3.21. The molecule has 1 atom stereocenters. The van der Waals surface area contributed by atoms with Crippen LogP contribution in [-0.4, -0.2) is 18.5 Å². The fourth-order valence-corrected chi connectivity index (χ4v) is 2.81. The number of rotatable bonds is 2. The molecule has 0 aliphatic carbocycles. The predicted molar refractivity (Wildman–Crippen MR) is 95.5 cm³/mol. The Bertz CT molecular complexity index is 782. The molecule has 23 heavy (non-hydrogen) atoms. The highest BCUT2D eigenvalue weighted by Gasteiger charge is 2.40. The Kier molecular flexibility index (Phi) is 4.39. The molecule has 1 nitrogen and oxygen atoms in total. The summed E-state index contributed by atoms with van der Waals surface area (Å²) in [4.78, 5) is 4.61. The van der Waals surface area contributed by atoms with Crippen LogP contribution in [-0.2, 0) is 0 Å². The van der Waals surface area contributed by atoms with Crippen molar-refractivity contribution in [3.8, 4) is 0 Å². The molecule has 0 spiro atoms. The standard InChI is InChI=1S/C16H12BF3NPS/c18-16(19,20)14-9-17(11-3-5-12(22)6-4-11)15(21-14)10-1-7-13(23)8-2-10/h1-9,23H,22H2. The molecule has 0 N–H and O–H groups in total. The summed E-state index contributed by atoms with van der Waals surface area (Å²) in [6.45, 7) is -0.511. The SMILES string of the molecule is FC(F)(F)C1=CB(c2ccc(P)cc2)C(c2ccc(S)cc2)=N1. The number of halogens is 3. The number of benzene rings is 2. The lowest BCUT2D eigenvalue weighted by atomic mass is 9.41. The molecule has 0 bridgehead atoms. The Labute approximate surface area is 140 Å². The van der Waals surface area contributed by atoms with Crippen LogP contribution in [0.4, 0.5) is 13.2 Å². The van der Waals surface area contributed by atoms with Crippen molar-refractivity contribution in [2.75, 3.05) is 0 Å². The molecule has 0 saturated carbocycles. The molecule has 0 saturated heterocycles. The van der Waals surface area contributed by atoms with Crippen LogP contribution in [0.5, 0.6) is 0 Å². The van der Waals surface area contributed by atoms with Crippen molar-refractivity contribution in [1.82, 2.24) is 0 Å². The van der Waals surface area contributed by atoms with E-state index in [1.165, 1.54) is 5.98 Å². The first-order valence-corrected chi connectivity index (χ1v) is 7.89. The molecular weight excluding hydrogens is 337 g/mol. The van der Waals surface area contributed by atoms with Gasteiger partial charge in [0.2, 0.25) is 0 Å². The zero-order valence-corrected chi connectivity index (χ0v) is 13.9. The minimum atomic E-state index is -4.45. The van der Waals surface area contributed by atoms with E-state index in [0.29, 0.717) is 11.2 Å². The molecule has 1 aliphatic rings. The van der Waals surface area contributed by atoms with Crippen LogP contribution in [0.15, 0.2) is 70.1 Å². The summed E-state index contributed by atoms with van der Waals surface area (Å²) in [5, 5.41) is 0.977. The smallest absolute Gasteiger partial charge is 0.258 e. The van der Waals surface area contributed by atoms with Gasteiger partial charge < -0.3 is 0 Å². The highest BCUT2D eigenvalue weighted by molar-refractivity contribution is 7.80. The van der Waals surface area contributed by atoms with Crippen molar-refractivity contribution < 1.29 is 13.2 Å². The topological polar surface area (TPSA) is 12.4 Å². The van der Waals surface area contributed by atoms with Crippen molar-refractivity contribution in [2.24, 2.45) is 4.99 Å². The minimum absolute atomic E-state index is 0.405. The zero-order valence-electron chi connectivity index (χ0n) is 11.9. The molecule has 116 valence electrons. The van der Waals surface area contributed by atoms with Gasteiger partial charge in [-0.2, -0.15) is 13.2 Å². The third-order valence-corrected chi connectivity index (χ3v) is 4.29. The van der Waals surface area contributed by atoms with Crippen LogP contribution < -0.4 is 10.8 Å². The van der Waals surface area contributed by atoms with Gasteiger partial charge in [-0.15, -0.1) is 21.9 Å². The maximum atomic E-state index is 13.1. The van der Waals surface area contributed by atoms with E-state index in [1.807, 2.05) is 24.3 Å². The highest BCUT2D eigenvalue weighted by atomic mass is 32.1. The number of nitrogens with zero attached hydrogens (tertiary/aromatic N) is 1. The lowest BCUT2D eigenvalue weighted by molar-refractivity contribution is -0.0919. The van der Waals surface area contributed by atoms with Gasteiger partial charge in [0.15, 0.2) is 0 Å². The molecule has 3 rings (SSSR count). The number of hydrogen-bond donors (Lipinski definition) is 1. The molecule has 0 amide bonds. The average molecular weight is 349 g/mol. The second-order valence-electron chi connectivity index (χ2n) is 5.24. The minimum Gasteiger partial charge on any atom is -0.258 e. The number of aliphatic imine (C=N–C) groups is 1. The third kappa shape index (κ3) is 3.54. The van der Waals surface area contributed by atoms with Crippen molar-refractivity contribution >= 4 is 45.0 Å². The van der Waals surface area contributed by atoms with E-state index in [0.717, 1.165) is 15.7 Å². The van der Waals surface area contributed by atoms with Gasteiger partial charge >= 0.3 is 6.18 Å². The van der Waals surface area contributed by atoms with Crippen LogP contribution >= 0.6 is 21.9 Å². The zero-order chi connectivity index (χ0) is 16.6. The van der Waals surface area contributed by atoms with Crippen LogP contribution in [0, 0.1) is 0 Å². The third-order valence-electron chi connectivity index (χ3n) is 3.61. The Balaban J connectivity index is 2.07. The quantitative estimate of drug-likeness (QED) is 0.486. The fourth-order valence-electron chi connectivity index (χ4n) is 2.47. The first kappa shape index (κ1) is 16.3. The van der Waals surface area contributed by atoms with E-state index in [9.17, 15) is 13.2 Å². The number of allylic oxidation sites excluding steroid dienone is 1. The molecule has 1 aliphatic heterocycles. The van der Waals surface area contributed by atoms with Gasteiger partial charge in [0, 0.05) is 10.5 Å². The molecule has 2 aromatic carbocycles. The van der Waals surface area contributed by atoms with Crippen LogP contribution in [0.25, 0.3) is 0 Å². The number of thiol groups is 1. The van der Waals surface area contributed by atoms with E-state index >= 15 is 0 Å². The summed E-state index contributed by atoms with van der Waals surface area (Å²) < 4.78 is 39.2. The summed E-state index contributed by atoms with van der Waals surface area (Å²) in [7, 11) is 2.56. The van der Waals surface area contributed by atoms with Gasteiger partial charge in [-0.1, -0.05) is 47.8 Å². The molecule has 1 unspecified atom stereocenters. The van der Waals surface area contributed by atoms with E-state index in [2.05, 4.69) is 26.9 Å². The molecule has 2 aromatic rings. The van der Waals surface area contributed by atoms with Gasteiger partial charge in [-0.25, -0.2) is 0 Å². The molecule has 1 heterocycles. The normalized spacial score (nSPS) is 14.7. The lowest BCUT2D eigenvalue weighted by Crippen LogP contribution is -2.36. The second-order valence-corrected chi connectivity index (χ2v) is 6.42. The van der Waals surface area contributed by atoms with Crippen molar-refractivity contribution in [1.29, 1.82) is 0 Å². The first-order chi connectivity index (χ1) is 10.8. The highest BCUT2D eigenvalue weighted by Crippen LogP contribution is 2.31. The molecular formula is C16H12BF3NPS. The van der Waals surface area contributed by atoms with Crippen LogP contribution in [0.3, 0.4) is 0 Å². The Morgan fingerprint density at radius 2 is 1.57 bits per heavy atom. The monoisotopic (exact) mass is 349 g/mol. The van der Waals surface area contributed by atoms with E-state index in [4.69, 9.17) is 0 Å². The summed E-state index contributed by atoms with van der Waals surface area (Å²) in [6, 6.07) is 14.3. The molecule has 0 radical (unpaired) electrons. The van der Waals surface area contributed by atoms with Crippen LogP contribution in [0.2, 0.25) is 0 Å². The van der Waals surface area contributed by atoms with E-state index < -0.39 is 18.6 Å². The molecule has 0 fully saturated rings. The second kappa shape index (κ2) is 6.18. The number of hydrogen-bond acceptors (Lipinski definition) is 2. The van der Waals surface area contributed by atoms with Crippen molar-refractivity contribution in [3.05, 3.63) is 65.8 Å². The van der Waals surface area contributed by atoms with Gasteiger partial charge in [0.1, 0.15) is 5.70 Å². The summed E-state index contributed by atoms with van der Waals surface area (Å²) in [6.07, 6.45) is -4.45. The Hall–Kier alpha value is -1.52. The average Bonchev–Trinajstić information content (AvgIpc) is 2.94. The van der Waals surface area contributed by atoms with Gasteiger partial charge in [0.05, 0.1) is 0 Å². The lowest BCUT2D eigenvalue weighted by Gasteiger charge is -2.10. The number of alkyl halides is 3. The van der Waals surface area contributed by atoms with Crippen molar-refractivity contribution in [3.63, 3.8) is 0 Å². The first-order valence-electron chi connectivity index (χ1n) is 6.87. The fraction of sp³-hybridized carbons (Fsp3) is 0.0625. The maximum Gasteiger partial charge on any atom is 0.432 e. The molecule has 7 heteroatoms. The van der Waals surface area contributed by atoms with Crippen LogP contribution in [0.1, 0.15) is 5.56 Å². The largest absolute Gasteiger partial charge is 0.432 e.